The Bertz CT molecular complexity index is 631. The molecule has 0 unspecified atom stereocenters. The predicted molar refractivity (Wildman–Crippen MR) is 91.8 cm³/mol. The van der Waals surface area contributed by atoms with Gasteiger partial charge in [-0.1, -0.05) is 6.07 Å². The van der Waals surface area contributed by atoms with Crippen LogP contribution in [0.25, 0.3) is 0 Å². The molecule has 1 aromatic rings. The molecule has 0 radical (unpaired) electrons. The van der Waals surface area contributed by atoms with E-state index >= 15 is 0 Å². The number of ether oxygens (including phenoxy) is 1. The van der Waals surface area contributed by atoms with Crippen LogP contribution in [0.15, 0.2) is 29.5 Å². The van der Waals surface area contributed by atoms with Crippen molar-refractivity contribution in [3.05, 3.63) is 38.6 Å². The van der Waals surface area contributed by atoms with Gasteiger partial charge in [-0.2, -0.15) is 0 Å². The number of phenolic OH excluding ortho intramolecular Hbond substituents is 1. The Morgan fingerprint density at radius 1 is 1.52 bits per heavy atom. The second kappa shape index (κ2) is 6.61. The summed E-state index contributed by atoms with van der Waals surface area (Å²) < 4.78 is 5.83. The summed E-state index contributed by atoms with van der Waals surface area (Å²) in [7, 11) is 0. The molecule has 1 aliphatic heterocycles. The van der Waals surface area contributed by atoms with Crippen molar-refractivity contribution in [2.24, 2.45) is 0 Å². The molecule has 112 valence electrons. The van der Waals surface area contributed by atoms with E-state index in [1.54, 1.807) is 26.0 Å². The lowest BCUT2D eigenvalue weighted by Crippen LogP contribution is -2.45. The number of hydrogen-bond acceptors (Lipinski definition) is 4. The fraction of sp³-hybridized carbons (Fsp3) is 0.286. The van der Waals surface area contributed by atoms with Gasteiger partial charge in [0.15, 0.2) is 5.11 Å². The van der Waals surface area contributed by atoms with Crippen LogP contribution in [0, 0.1) is 3.57 Å². The molecule has 0 amide bonds. The molecule has 0 spiro atoms. The first-order chi connectivity index (χ1) is 9.93. The summed E-state index contributed by atoms with van der Waals surface area (Å²) in [6, 6.07) is 4.78. The van der Waals surface area contributed by atoms with Gasteiger partial charge in [-0.3, -0.25) is 0 Å². The number of rotatable bonds is 3. The number of halogens is 1. The normalized spacial score (nSPS) is 18.0. The standard InChI is InChI=1S/C14H15IN2O3S/c1-3-20-13(19)11-7(2)16-14(21)17-12(11)8-4-5-10(18)9(15)6-8/h4-6,12,18H,3H2,1-2H3,(H2,16,17,21)/t12-/m1/s1. The number of benzene rings is 1. The topological polar surface area (TPSA) is 70.6 Å². The third-order valence-electron chi connectivity index (χ3n) is 3.07. The Morgan fingerprint density at radius 2 is 2.24 bits per heavy atom. The molecule has 0 aliphatic carbocycles. The van der Waals surface area contributed by atoms with Gasteiger partial charge < -0.3 is 20.5 Å². The van der Waals surface area contributed by atoms with Crippen LogP contribution in [0.5, 0.6) is 5.75 Å². The van der Waals surface area contributed by atoms with Crippen molar-refractivity contribution in [1.29, 1.82) is 0 Å². The highest BCUT2D eigenvalue weighted by atomic mass is 127. The predicted octanol–water partition coefficient (Wildman–Crippen LogP) is 2.35. The van der Waals surface area contributed by atoms with E-state index in [0.29, 0.717) is 26.6 Å². The second-order valence-corrected chi connectivity index (χ2v) is 6.07. The number of allylic oxidation sites excluding steroid dienone is 1. The number of phenols is 1. The highest BCUT2D eigenvalue weighted by Crippen LogP contribution is 2.30. The van der Waals surface area contributed by atoms with Gasteiger partial charge in [-0.25, -0.2) is 4.79 Å². The molecule has 7 heteroatoms. The second-order valence-electron chi connectivity index (χ2n) is 4.50. The fourth-order valence-corrected chi connectivity index (χ4v) is 2.94. The van der Waals surface area contributed by atoms with Crippen LogP contribution < -0.4 is 10.6 Å². The molecule has 1 aliphatic rings. The third-order valence-corrected chi connectivity index (χ3v) is 4.15. The number of thiocarbonyl (C=S) groups is 1. The van der Waals surface area contributed by atoms with Gasteiger partial charge in [0.25, 0.3) is 0 Å². The van der Waals surface area contributed by atoms with Gasteiger partial charge in [0.1, 0.15) is 5.75 Å². The van der Waals surface area contributed by atoms with E-state index in [1.807, 2.05) is 28.7 Å². The van der Waals surface area contributed by atoms with E-state index in [4.69, 9.17) is 17.0 Å². The summed E-state index contributed by atoms with van der Waals surface area (Å²) in [5.74, 6) is -0.181. The van der Waals surface area contributed by atoms with Crippen LogP contribution in [-0.2, 0) is 9.53 Å². The first kappa shape index (κ1) is 16.0. The molecule has 0 fully saturated rings. The van der Waals surface area contributed by atoms with E-state index in [2.05, 4.69) is 10.6 Å². The third kappa shape index (κ3) is 3.46. The van der Waals surface area contributed by atoms with Crippen molar-refractivity contribution in [2.45, 2.75) is 19.9 Å². The maximum Gasteiger partial charge on any atom is 0.338 e. The number of nitrogens with one attached hydrogen (secondary N) is 2. The largest absolute Gasteiger partial charge is 0.507 e. The summed E-state index contributed by atoms with van der Waals surface area (Å²) in [5.41, 5.74) is 2.00. The molecule has 5 nitrogen and oxygen atoms in total. The number of aromatic hydroxyl groups is 1. The van der Waals surface area contributed by atoms with Crippen molar-refractivity contribution >= 4 is 45.9 Å². The number of esters is 1. The minimum atomic E-state index is -0.396. The molecule has 21 heavy (non-hydrogen) atoms. The molecule has 0 saturated heterocycles. The summed E-state index contributed by atoms with van der Waals surface area (Å²) in [6.45, 7) is 3.86. The lowest BCUT2D eigenvalue weighted by atomic mass is 9.95. The summed E-state index contributed by atoms with van der Waals surface area (Å²) in [4.78, 5) is 12.2. The van der Waals surface area contributed by atoms with Gasteiger partial charge in [0, 0.05) is 5.70 Å². The van der Waals surface area contributed by atoms with Crippen molar-refractivity contribution < 1.29 is 14.6 Å². The zero-order valence-electron chi connectivity index (χ0n) is 11.6. The molecular formula is C14H15IN2O3S. The zero-order valence-corrected chi connectivity index (χ0v) is 14.5. The Balaban J connectivity index is 2.46. The molecule has 0 bridgehead atoms. The quantitative estimate of drug-likeness (QED) is 0.398. The van der Waals surface area contributed by atoms with Crippen LogP contribution in [0.1, 0.15) is 25.5 Å². The highest BCUT2D eigenvalue weighted by Gasteiger charge is 2.31. The number of carbonyl (C=O) groups excluding carboxylic acids is 1. The van der Waals surface area contributed by atoms with E-state index in [9.17, 15) is 9.90 Å². The van der Waals surface area contributed by atoms with E-state index in [1.165, 1.54) is 0 Å². The lowest BCUT2D eigenvalue weighted by Gasteiger charge is -2.30. The molecule has 3 N–H and O–H groups in total. The van der Waals surface area contributed by atoms with Crippen molar-refractivity contribution in [1.82, 2.24) is 10.6 Å². The van der Waals surface area contributed by atoms with Crippen molar-refractivity contribution in [3.63, 3.8) is 0 Å². The van der Waals surface area contributed by atoms with Crippen molar-refractivity contribution in [3.8, 4) is 5.75 Å². The van der Waals surface area contributed by atoms with E-state index in [-0.39, 0.29) is 11.7 Å². The Labute approximate surface area is 141 Å². The maximum atomic E-state index is 12.2. The smallest absolute Gasteiger partial charge is 0.338 e. The fourth-order valence-electron chi connectivity index (χ4n) is 2.13. The number of hydrogen-bond donors (Lipinski definition) is 3. The van der Waals surface area contributed by atoms with Crippen LogP contribution in [0.3, 0.4) is 0 Å². The first-order valence-electron chi connectivity index (χ1n) is 6.37. The van der Waals surface area contributed by atoms with Crippen LogP contribution >= 0.6 is 34.8 Å². The van der Waals surface area contributed by atoms with Crippen LogP contribution in [0.4, 0.5) is 0 Å². The monoisotopic (exact) mass is 418 g/mol. The minimum absolute atomic E-state index is 0.203. The first-order valence-corrected chi connectivity index (χ1v) is 7.86. The summed E-state index contributed by atoms with van der Waals surface area (Å²) in [6.07, 6.45) is 0. The zero-order chi connectivity index (χ0) is 15.6. The van der Waals surface area contributed by atoms with Gasteiger partial charge in [-0.05, 0) is 66.4 Å². The van der Waals surface area contributed by atoms with Gasteiger partial charge in [0.05, 0.1) is 21.8 Å². The van der Waals surface area contributed by atoms with Gasteiger partial charge in [-0.15, -0.1) is 0 Å². The minimum Gasteiger partial charge on any atom is -0.507 e. The Morgan fingerprint density at radius 3 is 2.86 bits per heavy atom. The maximum absolute atomic E-state index is 12.2. The molecule has 1 heterocycles. The Kier molecular flexibility index (Phi) is 5.04. The number of carbonyl (C=O) groups is 1. The van der Waals surface area contributed by atoms with E-state index < -0.39 is 6.04 Å². The van der Waals surface area contributed by atoms with Gasteiger partial charge in [0.2, 0.25) is 0 Å². The molecule has 0 saturated carbocycles. The van der Waals surface area contributed by atoms with Crippen molar-refractivity contribution in [2.75, 3.05) is 6.61 Å². The SMILES string of the molecule is CCOC(=O)C1=C(C)NC(=S)N[C@@H]1c1ccc(O)c(I)c1. The molecule has 2 rings (SSSR count). The molecule has 1 atom stereocenters. The summed E-state index contributed by atoms with van der Waals surface area (Å²) >= 11 is 7.20. The van der Waals surface area contributed by atoms with Crippen LogP contribution in [0.2, 0.25) is 0 Å². The molecule has 1 aromatic carbocycles. The molecular weight excluding hydrogens is 403 g/mol. The molecule has 0 aromatic heterocycles. The van der Waals surface area contributed by atoms with E-state index in [0.717, 1.165) is 5.56 Å². The van der Waals surface area contributed by atoms with Crippen LogP contribution in [-0.4, -0.2) is 22.8 Å². The van der Waals surface area contributed by atoms with Gasteiger partial charge >= 0.3 is 5.97 Å². The average Bonchev–Trinajstić information content (AvgIpc) is 2.41. The average molecular weight is 418 g/mol. The lowest BCUT2D eigenvalue weighted by molar-refractivity contribution is -0.139. The summed E-state index contributed by atoms with van der Waals surface area (Å²) in [5, 5.41) is 16.1. The highest BCUT2D eigenvalue weighted by molar-refractivity contribution is 14.1. The Hall–Kier alpha value is -1.35.